The Morgan fingerprint density at radius 2 is 2.36 bits per heavy atom. The molecule has 0 fully saturated rings. The van der Waals surface area contributed by atoms with Gasteiger partial charge in [0, 0.05) is 31.0 Å². The fraction of sp³-hybridized carbons (Fsp3) is 0.500. The van der Waals surface area contributed by atoms with Crippen molar-refractivity contribution in [3.63, 3.8) is 0 Å². The van der Waals surface area contributed by atoms with Crippen molar-refractivity contribution in [2.75, 3.05) is 13.2 Å². The fourth-order valence-corrected chi connectivity index (χ4v) is 3.18. The summed E-state index contributed by atoms with van der Waals surface area (Å²) in [4.78, 5) is 13.5. The van der Waals surface area contributed by atoms with E-state index in [4.69, 9.17) is 0 Å². The molecule has 6 heteroatoms. The van der Waals surface area contributed by atoms with Crippen LogP contribution in [0.4, 0.5) is 0 Å². The maximum Gasteiger partial charge on any atom is 0.269 e. The van der Waals surface area contributed by atoms with E-state index in [-0.39, 0.29) is 18.4 Å². The molecule has 0 spiro atoms. The highest BCUT2D eigenvalue weighted by Gasteiger charge is 2.15. The molecule has 0 aliphatic heterocycles. The highest BCUT2D eigenvalue weighted by atomic mass is 32.1. The van der Waals surface area contributed by atoms with Crippen molar-refractivity contribution in [2.45, 2.75) is 26.2 Å². The predicted octanol–water partition coefficient (Wildman–Crippen LogP) is 2.02. The van der Waals surface area contributed by atoms with Crippen molar-refractivity contribution in [1.82, 2.24) is 15.1 Å². The first-order valence-corrected chi connectivity index (χ1v) is 8.46. The van der Waals surface area contributed by atoms with Crippen molar-refractivity contribution < 1.29 is 9.90 Å². The number of aliphatic hydroxyl groups is 1. The number of carbonyl (C=O) groups is 1. The van der Waals surface area contributed by atoms with Crippen LogP contribution in [0.2, 0.25) is 0 Å². The van der Waals surface area contributed by atoms with Gasteiger partial charge in [-0.15, -0.1) is 11.3 Å². The van der Waals surface area contributed by atoms with Gasteiger partial charge < -0.3 is 10.4 Å². The molecule has 2 rings (SSSR count). The number of rotatable bonds is 8. The number of carbonyl (C=O) groups excluding carboxylic acids is 1. The molecular weight excluding hydrogens is 298 g/mol. The molecule has 0 aliphatic carbocycles. The molecule has 0 saturated heterocycles. The summed E-state index contributed by atoms with van der Waals surface area (Å²) in [5.74, 6) is -0.104. The lowest BCUT2D eigenvalue weighted by Gasteiger charge is -2.14. The van der Waals surface area contributed by atoms with E-state index in [9.17, 15) is 9.90 Å². The maximum absolute atomic E-state index is 12.3. The van der Waals surface area contributed by atoms with Gasteiger partial charge in [-0.25, -0.2) is 0 Å². The fourth-order valence-electron chi connectivity index (χ4n) is 2.36. The van der Waals surface area contributed by atoms with Crippen LogP contribution >= 0.6 is 11.3 Å². The number of aliphatic hydroxyl groups excluding tert-OH is 1. The van der Waals surface area contributed by atoms with Crippen molar-refractivity contribution >= 4 is 17.2 Å². The number of nitrogens with zero attached hydrogens (tertiary/aromatic N) is 2. The van der Waals surface area contributed by atoms with Crippen LogP contribution in [0.1, 0.15) is 34.4 Å². The quantitative estimate of drug-likeness (QED) is 0.781. The van der Waals surface area contributed by atoms with Gasteiger partial charge in [0.05, 0.1) is 5.69 Å². The van der Waals surface area contributed by atoms with Crippen LogP contribution in [0.15, 0.2) is 23.6 Å². The summed E-state index contributed by atoms with van der Waals surface area (Å²) in [5, 5.41) is 18.7. The Kier molecular flexibility index (Phi) is 6.15. The SMILES string of the molecule is CCCc1cc(C(=O)NCC(CO)Cc2cccs2)n(C)n1. The van der Waals surface area contributed by atoms with E-state index in [1.54, 1.807) is 23.1 Å². The lowest BCUT2D eigenvalue weighted by atomic mass is 10.1. The summed E-state index contributed by atoms with van der Waals surface area (Å²) in [6.07, 6.45) is 2.66. The van der Waals surface area contributed by atoms with Crippen LogP contribution in [0.5, 0.6) is 0 Å². The highest BCUT2D eigenvalue weighted by Crippen LogP contribution is 2.14. The summed E-state index contributed by atoms with van der Waals surface area (Å²) >= 11 is 1.67. The average molecular weight is 321 g/mol. The van der Waals surface area contributed by atoms with Crippen LogP contribution in [0, 0.1) is 5.92 Å². The second-order valence-corrected chi connectivity index (χ2v) is 6.47. The summed E-state index contributed by atoms with van der Waals surface area (Å²) in [5.41, 5.74) is 1.50. The summed E-state index contributed by atoms with van der Waals surface area (Å²) < 4.78 is 1.62. The third-order valence-corrected chi connectivity index (χ3v) is 4.45. The van der Waals surface area contributed by atoms with E-state index in [0.29, 0.717) is 12.2 Å². The van der Waals surface area contributed by atoms with Crippen LogP contribution in [-0.2, 0) is 19.9 Å². The Bertz CT molecular complexity index is 593. The van der Waals surface area contributed by atoms with Gasteiger partial charge in [-0.2, -0.15) is 5.10 Å². The summed E-state index contributed by atoms with van der Waals surface area (Å²) in [7, 11) is 1.78. The van der Waals surface area contributed by atoms with E-state index in [2.05, 4.69) is 17.3 Å². The van der Waals surface area contributed by atoms with Gasteiger partial charge >= 0.3 is 0 Å². The highest BCUT2D eigenvalue weighted by molar-refractivity contribution is 7.09. The zero-order valence-corrected chi connectivity index (χ0v) is 13.9. The van der Waals surface area contributed by atoms with E-state index < -0.39 is 0 Å². The van der Waals surface area contributed by atoms with Crippen LogP contribution in [0.25, 0.3) is 0 Å². The minimum atomic E-state index is -0.137. The molecule has 0 radical (unpaired) electrons. The molecule has 1 amide bonds. The van der Waals surface area contributed by atoms with Crippen LogP contribution < -0.4 is 5.32 Å². The number of amides is 1. The van der Waals surface area contributed by atoms with Crippen LogP contribution in [0.3, 0.4) is 0 Å². The Balaban J connectivity index is 1.90. The normalized spacial score (nSPS) is 12.3. The van der Waals surface area contributed by atoms with E-state index in [0.717, 1.165) is 25.0 Å². The monoisotopic (exact) mass is 321 g/mol. The Hall–Kier alpha value is -1.66. The first-order chi connectivity index (χ1) is 10.6. The van der Waals surface area contributed by atoms with Gasteiger partial charge in [0.2, 0.25) is 0 Å². The molecule has 2 aromatic rings. The van der Waals surface area contributed by atoms with Gasteiger partial charge in [0.15, 0.2) is 0 Å². The third-order valence-electron chi connectivity index (χ3n) is 3.55. The first-order valence-electron chi connectivity index (χ1n) is 7.58. The predicted molar refractivity (Wildman–Crippen MR) is 88.1 cm³/mol. The zero-order chi connectivity index (χ0) is 15.9. The van der Waals surface area contributed by atoms with E-state index >= 15 is 0 Å². The molecule has 2 N–H and O–H groups in total. The molecular formula is C16H23N3O2S. The Morgan fingerprint density at radius 1 is 1.55 bits per heavy atom. The smallest absolute Gasteiger partial charge is 0.269 e. The second kappa shape index (κ2) is 8.10. The molecule has 1 unspecified atom stereocenters. The second-order valence-electron chi connectivity index (χ2n) is 5.44. The third kappa shape index (κ3) is 4.42. The average Bonchev–Trinajstić information content (AvgIpc) is 3.13. The van der Waals surface area contributed by atoms with Gasteiger partial charge in [-0.05, 0) is 30.4 Å². The molecule has 0 saturated carbocycles. The minimum absolute atomic E-state index is 0.0333. The molecule has 1 atom stereocenters. The Labute approximate surface area is 135 Å². The number of hydrogen-bond acceptors (Lipinski definition) is 4. The van der Waals surface area contributed by atoms with Crippen molar-refractivity contribution in [1.29, 1.82) is 0 Å². The molecule has 0 aliphatic rings. The van der Waals surface area contributed by atoms with E-state index in [1.165, 1.54) is 4.88 Å². The number of hydrogen-bond donors (Lipinski definition) is 2. The number of aromatic nitrogens is 2. The minimum Gasteiger partial charge on any atom is -0.396 e. The Morgan fingerprint density at radius 3 is 3.00 bits per heavy atom. The van der Waals surface area contributed by atoms with Gasteiger partial charge in [0.25, 0.3) is 5.91 Å². The van der Waals surface area contributed by atoms with E-state index in [1.807, 2.05) is 23.6 Å². The molecule has 22 heavy (non-hydrogen) atoms. The molecule has 0 bridgehead atoms. The lowest BCUT2D eigenvalue weighted by Crippen LogP contribution is -2.32. The maximum atomic E-state index is 12.3. The van der Waals surface area contributed by atoms with Gasteiger partial charge in [-0.1, -0.05) is 19.4 Å². The molecule has 5 nitrogen and oxygen atoms in total. The largest absolute Gasteiger partial charge is 0.396 e. The van der Waals surface area contributed by atoms with Crippen molar-refractivity contribution in [3.05, 3.63) is 39.8 Å². The number of aryl methyl sites for hydroxylation is 2. The number of nitrogens with one attached hydrogen (secondary N) is 1. The van der Waals surface area contributed by atoms with Gasteiger partial charge in [0.1, 0.15) is 5.69 Å². The summed E-state index contributed by atoms with van der Waals surface area (Å²) in [6, 6.07) is 5.89. The first kappa shape index (κ1) is 16.7. The van der Waals surface area contributed by atoms with Gasteiger partial charge in [-0.3, -0.25) is 9.48 Å². The molecule has 2 heterocycles. The van der Waals surface area contributed by atoms with Crippen molar-refractivity contribution in [2.24, 2.45) is 13.0 Å². The summed E-state index contributed by atoms with van der Waals surface area (Å²) in [6.45, 7) is 2.61. The molecule has 120 valence electrons. The molecule has 0 aromatic carbocycles. The topological polar surface area (TPSA) is 67.2 Å². The molecule has 2 aromatic heterocycles. The number of thiophene rings is 1. The van der Waals surface area contributed by atoms with Crippen molar-refractivity contribution in [3.8, 4) is 0 Å². The lowest BCUT2D eigenvalue weighted by molar-refractivity contribution is 0.0930. The standard InChI is InChI=1S/C16H23N3O2S/c1-3-5-13-9-15(19(2)18-13)16(21)17-10-12(11-20)8-14-6-4-7-22-14/h4,6-7,9,12,20H,3,5,8,10-11H2,1-2H3,(H,17,21). The zero-order valence-electron chi connectivity index (χ0n) is 13.1. The van der Waals surface area contributed by atoms with Crippen LogP contribution in [-0.4, -0.2) is 33.9 Å².